The molecule has 0 aliphatic carbocycles. The van der Waals surface area contributed by atoms with Gasteiger partial charge in [-0.1, -0.05) is 11.3 Å². The molecule has 1 aliphatic rings. The lowest BCUT2D eigenvalue weighted by atomic mass is 10.2. The molecule has 0 saturated carbocycles. The van der Waals surface area contributed by atoms with Gasteiger partial charge in [-0.2, -0.15) is 0 Å². The number of carbonyl (C=O) groups excluding carboxylic acids is 1. The monoisotopic (exact) mass is 373 g/mol. The molecule has 3 N–H and O–H groups in total. The lowest BCUT2D eigenvalue weighted by Gasteiger charge is -2.19. The molecule has 2 rings (SSSR count). The number of ether oxygens (including phenoxy) is 2. The van der Waals surface area contributed by atoms with E-state index in [4.69, 9.17) is 21.7 Å². The number of carbonyl (C=O) groups is 1. The van der Waals surface area contributed by atoms with E-state index in [9.17, 15) is 4.79 Å². The number of anilines is 1. The fourth-order valence-corrected chi connectivity index (χ4v) is 3.08. The number of nitrogens with zero attached hydrogens (tertiary/aromatic N) is 2. The predicted octanol–water partition coefficient (Wildman–Crippen LogP) is 2.20. The van der Waals surface area contributed by atoms with Gasteiger partial charge in [-0.05, 0) is 45.8 Å². The summed E-state index contributed by atoms with van der Waals surface area (Å²) in [5, 5.41) is 18.7. The van der Waals surface area contributed by atoms with Crippen LogP contribution in [-0.2, 0) is 9.47 Å². The Bertz CT molecular complexity index is 567. The largest absolute Gasteiger partial charge is 0.444 e. The zero-order valence-corrected chi connectivity index (χ0v) is 15.7. The summed E-state index contributed by atoms with van der Waals surface area (Å²) in [6, 6.07) is 0. The van der Waals surface area contributed by atoms with Crippen LogP contribution < -0.4 is 16.0 Å². The fraction of sp³-hybridized carbons (Fsp3) is 0.714. The molecule has 10 heteroatoms. The molecule has 134 valence electrons. The van der Waals surface area contributed by atoms with E-state index in [1.54, 1.807) is 0 Å². The second-order valence-electron chi connectivity index (χ2n) is 6.26. The van der Waals surface area contributed by atoms with Crippen molar-refractivity contribution < 1.29 is 14.3 Å². The third-order valence-electron chi connectivity index (χ3n) is 2.94. The van der Waals surface area contributed by atoms with E-state index in [0.717, 1.165) is 24.5 Å². The van der Waals surface area contributed by atoms with Crippen molar-refractivity contribution in [2.24, 2.45) is 0 Å². The lowest BCUT2D eigenvalue weighted by Crippen LogP contribution is -2.39. The van der Waals surface area contributed by atoms with Crippen molar-refractivity contribution in [2.75, 3.05) is 25.0 Å². The number of hydrogen-bond acceptors (Lipinski definition) is 7. The first-order valence-corrected chi connectivity index (χ1v) is 9.03. The maximum absolute atomic E-state index is 11.5. The molecular weight excluding hydrogens is 350 g/mol. The summed E-state index contributed by atoms with van der Waals surface area (Å²) < 4.78 is 10.7. The van der Waals surface area contributed by atoms with Crippen LogP contribution in [0.1, 0.15) is 44.7 Å². The van der Waals surface area contributed by atoms with Crippen molar-refractivity contribution >= 4 is 39.9 Å². The number of amides is 1. The molecule has 1 atom stereocenters. The first-order chi connectivity index (χ1) is 11.3. The highest BCUT2D eigenvalue weighted by Crippen LogP contribution is 2.31. The fourth-order valence-electron chi connectivity index (χ4n) is 1.98. The van der Waals surface area contributed by atoms with Crippen LogP contribution in [0.15, 0.2) is 0 Å². The molecule has 0 aromatic carbocycles. The van der Waals surface area contributed by atoms with Crippen LogP contribution in [0.2, 0.25) is 0 Å². The van der Waals surface area contributed by atoms with Crippen LogP contribution in [0, 0.1) is 0 Å². The van der Waals surface area contributed by atoms with E-state index < -0.39 is 11.7 Å². The smallest absolute Gasteiger partial charge is 0.407 e. The maximum atomic E-state index is 11.5. The SMILES string of the molecule is CC(C)(C)OC(=O)NCCNC(=S)Nc1nnc(C2CCCO2)s1. The van der Waals surface area contributed by atoms with Crippen LogP contribution in [-0.4, -0.2) is 46.7 Å². The Morgan fingerprint density at radius 2 is 2.12 bits per heavy atom. The van der Waals surface area contributed by atoms with Gasteiger partial charge in [0, 0.05) is 19.7 Å². The van der Waals surface area contributed by atoms with E-state index in [1.807, 2.05) is 20.8 Å². The predicted molar refractivity (Wildman–Crippen MR) is 96.3 cm³/mol. The van der Waals surface area contributed by atoms with Crippen LogP contribution in [0.4, 0.5) is 9.93 Å². The Morgan fingerprint density at radius 3 is 2.79 bits per heavy atom. The van der Waals surface area contributed by atoms with Gasteiger partial charge in [0.15, 0.2) is 5.11 Å². The molecule has 1 amide bonds. The number of aromatic nitrogens is 2. The minimum absolute atomic E-state index is 0.0533. The summed E-state index contributed by atoms with van der Waals surface area (Å²) in [5.41, 5.74) is -0.507. The summed E-state index contributed by atoms with van der Waals surface area (Å²) in [6.07, 6.45) is 1.64. The number of nitrogens with one attached hydrogen (secondary N) is 3. The molecule has 1 aliphatic heterocycles. The Hall–Kier alpha value is -1.52. The van der Waals surface area contributed by atoms with Gasteiger partial charge in [0.25, 0.3) is 0 Å². The van der Waals surface area contributed by atoms with Gasteiger partial charge >= 0.3 is 6.09 Å². The highest BCUT2D eigenvalue weighted by Gasteiger charge is 2.22. The van der Waals surface area contributed by atoms with Crippen LogP contribution >= 0.6 is 23.6 Å². The van der Waals surface area contributed by atoms with Gasteiger partial charge in [-0.3, -0.25) is 0 Å². The van der Waals surface area contributed by atoms with E-state index in [0.29, 0.717) is 23.3 Å². The number of hydrogen-bond donors (Lipinski definition) is 3. The van der Waals surface area contributed by atoms with Crippen LogP contribution in [0.5, 0.6) is 0 Å². The van der Waals surface area contributed by atoms with Gasteiger partial charge in [-0.15, -0.1) is 10.2 Å². The molecule has 1 aromatic rings. The third-order valence-corrected chi connectivity index (χ3v) is 4.12. The van der Waals surface area contributed by atoms with Gasteiger partial charge in [0.05, 0.1) is 0 Å². The molecule has 1 fully saturated rings. The molecule has 0 radical (unpaired) electrons. The maximum Gasteiger partial charge on any atom is 0.407 e. The highest BCUT2D eigenvalue weighted by atomic mass is 32.1. The number of rotatable bonds is 5. The quantitative estimate of drug-likeness (QED) is 0.534. The van der Waals surface area contributed by atoms with Crippen molar-refractivity contribution in [2.45, 2.75) is 45.3 Å². The zero-order valence-electron chi connectivity index (χ0n) is 14.0. The number of thiocarbonyl (C=S) groups is 1. The van der Waals surface area contributed by atoms with Crippen molar-refractivity contribution in [3.8, 4) is 0 Å². The van der Waals surface area contributed by atoms with Gasteiger partial charge < -0.3 is 25.4 Å². The van der Waals surface area contributed by atoms with E-state index in [1.165, 1.54) is 11.3 Å². The van der Waals surface area contributed by atoms with Gasteiger partial charge in [0.1, 0.15) is 16.7 Å². The normalized spacial score (nSPS) is 17.4. The summed E-state index contributed by atoms with van der Waals surface area (Å²) in [6.45, 7) is 7.10. The lowest BCUT2D eigenvalue weighted by molar-refractivity contribution is 0.0529. The minimum Gasteiger partial charge on any atom is -0.444 e. The first-order valence-electron chi connectivity index (χ1n) is 7.80. The Balaban J connectivity index is 1.64. The molecule has 2 heterocycles. The number of alkyl carbamates (subject to hydrolysis) is 1. The summed E-state index contributed by atoms with van der Waals surface area (Å²) in [4.78, 5) is 11.5. The molecule has 1 unspecified atom stereocenters. The molecule has 1 aromatic heterocycles. The Labute approximate surface area is 150 Å². The van der Waals surface area contributed by atoms with E-state index in [-0.39, 0.29) is 6.10 Å². The van der Waals surface area contributed by atoms with Crippen molar-refractivity contribution in [1.29, 1.82) is 0 Å². The average molecular weight is 374 g/mol. The molecule has 24 heavy (non-hydrogen) atoms. The molecule has 0 bridgehead atoms. The van der Waals surface area contributed by atoms with Gasteiger partial charge in [0.2, 0.25) is 5.13 Å². The Morgan fingerprint density at radius 1 is 1.38 bits per heavy atom. The zero-order chi connectivity index (χ0) is 17.6. The minimum atomic E-state index is -0.507. The highest BCUT2D eigenvalue weighted by molar-refractivity contribution is 7.80. The second kappa shape index (κ2) is 8.54. The summed E-state index contributed by atoms with van der Waals surface area (Å²) in [5.74, 6) is 0. The van der Waals surface area contributed by atoms with Crippen LogP contribution in [0.3, 0.4) is 0 Å². The average Bonchev–Trinajstić information content (AvgIpc) is 3.12. The van der Waals surface area contributed by atoms with E-state index in [2.05, 4.69) is 26.1 Å². The van der Waals surface area contributed by atoms with Crippen LogP contribution in [0.25, 0.3) is 0 Å². The van der Waals surface area contributed by atoms with Crippen molar-refractivity contribution in [1.82, 2.24) is 20.8 Å². The topological polar surface area (TPSA) is 97.4 Å². The van der Waals surface area contributed by atoms with Gasteiger partial charge in [-0.25, -0.2) is 4.79 Å². The molecule has 0 spiro atoms. The Kier molecular flexibility index (Phi) is 6.69. The third kappa shape index (κ3) is 6.54. The molecule has 8 nitrogen and oxygen atoms in total. The molecule has 1 saturated heterocycles. The standard InChI is InChI=1S/C14H23N5O3S2/c1-14(2,3)22-13(20)16-7-6-15-11(23)17-12-19-18-10(24-12)9-5-4-8-21-9/h9H,4-8H2,1-3H3,(H,16,20)(H2,15,17,19,23). The first kappa shape index (κ1) is 18.8. The summed E-state index contributed by atoms with van der Waals surface area (Å²) in [7, 11) is 0. The van der Waals surface area contributed by atoms with Crippen molar-refractivity contribution in [3.05, 3.63) is 5.01 Å². The summed E-state index contributed by atoms with van der Waals surface area (Å²) >= 11 is 6.62. The van der Waals surface area contributed by atoms with E-state index >= 15 is 0 Å². The van der Waals surface area contributed by atoms with Crippen molar-refractivity contribution in [3.63, 3.8) is 0 Å². The second-order valence-corrected chi connectivity index (χ2v) is 7.67. The molecular formula is C14H23N5O3S2.